The Morgan fingerprint density at radius 1 is 1.33 bits per heavy atom. The van der Waals surface area contributed by atoms with Crippen molar-refractivity contribution in [1.82, 2.24) is 0 Å². The van der Waals surface area contributed by atoms with Gasteiger partial charge in [0.1, 0.15) is 11.5 Å². The van der Waals surface area contributed by atoms with Gasteiger partial charge in [-0.05, 0) is 17.7 Å². The Hall–Kier alpha value is -1.35. The molecule has 0 saturated carbocycles. The zero-order chi connectivity index (χ0) is 10.7. The van der Waals surface area contributed by atoms with E-state index in [1.807, 2.05) is 24.3 Å². The summed E-state index contributed by atoms with van der Waals surface area (Å²) < 4.78 is 10.6. The molecule has 1 saturated heterocycles. The molecule has 15 heavy (non-hydrogen) atoms. The van der Waals surface area contributed by atoms with Crippen LogP contribution in [0.3, 0.4) is 0 Å². The van der Waals surface area contributed by atoms with E-state index in [-0.39, 0.29) is 11.9 Å². The van der Waals surface area contributed by atoms with Gasteiger partial charge in [0.15, 0.2) is 0 Å². The first-order valence-corrected chi connectivity index (χ1v) is 5.07. The number of Topliss-reactive ketones (excluding diaryl/α,β-unsaturated/α-hetero) is 1. The predicted molar refractivity (Wildman–Crippen MR) is 55.9 cm³/mol. The summed E-state index contributed by atoms with van der Waals surface area (Å²) in [5.74, 6) is 1.10. The van der Waals surface area contributed by atoms with Crippen LogP contribution in [0, 0.1) is 0 Å². The number of rotatable bonds is 2. The minimum atomic E-state index is -0.0721. The normalized spacial score (nSPS) is 21.4. The quantitative estimate of drug-likeness (QED) is 0.743. The van der Waals surface area contributed by atoms with Gasteiger partial charge in [-0.1, -0.05) is 12.1 Å². The second-order valence-corrected chi connectivity index (χ2v) is 3.63. The maximum absolute atomic E-state index is 11.3. The van der Waals surface area contributed by atoms with Crippen LogP contribution in [0.5, 0.6) is 5.75 Å². The first-order valence-electron chi connectivity index (χ1n) is 5.07. The number of ketones is 1. The Morgan fingerprint density at radius 2 is 2.07 bits per heavy atom. The highest BCUT2D eigenvalue weighted by molar-refractivity contribution is 5.79. The van der Waals surface area contributed by atoms with E-state index in [4.69, 9.17) is 9.47 Å². The van der Waals surface area contributed by atoms with Gasteiger partial charge >= 0.3 is 0 Å². The Morgan fingerprint density at radius 3 is 2.67 bits per heavy atom. The molecule has 3 nitrogen and oxygen atoms in total. The maximum Gasteiger partial charge on any atom is 0.138 e. The SMILES string of the molecule is COc1ccc([C@@H]2CC(=O)CCO2)cc1. The van der Waals surface area contributed by atoms with E-state index < -0.39 is 0 Å². The van der Waals surface area contributed by atoms with Crippen LogP contribution in [0.15, 0.2) is 24.3 Å². The van der Waals surface area contributed by atoms with E-state index in [0.29, 0.717) is 19.4 Å². The molecule has 0 aromatic heterocycles. The molecule has 0 unspecified atom stereocenters. The summed E-state index contributed by atoms with van der Waals surface area (Å²) in [6, 6.07) is 7.67. The summed E-state index contributed by atoms with van der Waals surface area (Å²) in [6.07, 6.45) is 0.969. The van der Waals surface area contributed by atoms with Crippen molar-refractivity contribution in [2.45, 2.75) is 18.9 Å². The molecule has 1 atom stereocenters. The van der Waals surface area contributed by atoms with E-state index in [1.165, 1.54) is 0 Å². The molecule has 0 N–H and O–H groups in total. The average Bonchev–Trinajstić information content (AvgIpc) is 2.29. The first kappa shape index (κ1) is 10.2. The average molecular weight is 206 g/mol. The van der Waals surface area contributed by atoms with Crippen molar-refractivity contribution in [3.05, 3.63) is 29.8 Å². The maximum atomic E-state index is 11.3. The molecule has 0 radical (unpaired) electrons. The number of ether oxygens (including phenoxy) is 2. The number of carbonyl (C=O) groups is 1. The molecule has 1 aliphatic rings. The second kappa shape index (κ2) is 4.45. The molecule has 1 aromatic carbocycles. The fourth-order valence-corrected chi connectivity index (χ4v) is 1.72. The van der Waals surface area contributed by atoms with Gasteiger partial charge in [0.25, 0.3) is 0 Å². The highest BCUT2D eigenvalue weighted by Gasteiger charge is 2.21. The lowest BCUT2D eigenvalue weighted by Gasteiger charge is -2.22. The van der Waals surface area contributed by atoms with Crippen molar-refractivity contribution in [3.63, 3.8) is 0 Å². The molecule has 80 valence electrons. The molecular weight excluding hydrogens is 192 g/mol. The van der Waals surface area contributed by atoms with Gasteiger partial charge in [0.05, 0.1) is 19.8 Å². The van der Waals surface area contributed by atoms with E-state index in [9.17, 15) is 4.79 Å². The molecule has 0 spiro atoms. The van der Waals surface area contributed by atoms with Crippen molar-refractivity contribution in [3.8, 4) is 5.75 Å². The van der Waals surface area contributed by atoms with Crippen LogP contribution in [0.2, 0.25) is 0 Å². The summed E-state index contributed by atoms with van der Waals surface area (Å²) in [5, 5.41) is 0. The minimum Gasteiger partial charge on any atom is -0.497 e. The monoisotopic (exact) mass is 206 g/mol. The largest absolute Gasteiger partial charge is 0.497 e. The number of hydrogen-bond donors (Lipinski definition) is 0. The van der Waals surface area contributed by atoms with Crippen LogP contribution in [0.1, 0.15) is 24.5 Å². The van der Waals surface area contributed by atoms with Crippen molar-refractivity contribution in [2.24, 2.45) is 0 Å². The third-order valence-corrected chi connectivity index (χ3v) is 2.60. The van der Waals surface area contributed by atoms with Crippen LogP contribution in [-0.2, 0) is 9.53 Å². The van der Waals surface area contributed by atoms with Crippen LogP contribution in [0.4, 0.5) is 0 Å². The number of carbonyl (C=O) groups excluding carboxylic acids is 1. The molecule has 1 heterocycles. The summed E-state index contributed by atoms with van der Waals surface area (Å²) in [4.78, 5) is 11.3. The lowest BCUT2D eigenvalue weighted by atomic mass is 10.0. The van der Waals surface area contributed by atoms with Gasteiger partial charge in [-0.3, -0.25) is 4.79 Å². The Labute approximate surface area is 89.0 Å². The van der Waals surface area contributed by atoms with Crippen LogP contribution in [-0.4, -0.2) is 19.5 Å². The lowest BCUT2D eigenvalue weighted by Crippen LogP contribution is -2.19. The summed E-state index contributed by atoms with van der Waals surface area (Å²) in [5.41, 5.74) is 1.05. The van der Waals surface area contributed by atoms with Crippen molar-refractivity contribution < 1.29 is 14.3 Å². The van der Waals surface area contributed by atoms with Crippen molar-refractivity contribution in [2.75, 3.05) is 13.7 Å². The zero-order valence-electron chi connectivity index (χ0n) is 8.73. The van der Waals surface area contributed by atoms with E-state index in [2.05, 4.69) is 0 Å². The highest BCUT2D eigenvalue weighted by Crippen LogP contribution is 2.27. The smallest absolute Gasteiger partial charge is 0.138 e. The first-order chi connectivity index (χ1) is 7.29. The molecule has 0 amide bonds. The summed E-state index contributed by atoms with van der Waals surface area (Å²) in [7, 11) is 1.63. The Bertz CT molecular complexity index is 342. The Kier molecular flexibility index (Phi) is 3.02. The molecule has 2 rings (SSSR count). The van der Waals surface area contributed by atoms with Gasteiger partial charge in [-0.15, -0.1) is 0 Å². The third-order valence-electron chi connectivity index (χ3n) is 2.60. The summed E-state index contributed by atoms with van der Waals surface area (Å²) in [6.45, 7) is 0.537. The molecule has 1 aliphatic heterocycles. The third kappa shape index (κ3) is 2.36. The standard InChI is InChI=1S/C12H14O3/c1-14-11-4-2-9(3-5-11)12-8-10(13)6-7-15-12/h2-5,12H,6-8H2,1H3/t12-/m0/s1. The predicted octanol–water partition coefficient (Wildman–Crippen LogP) is 2.12. The van der Waals surface area contributed by atoms with Gasteiger partial charge in [0.2, 0.25) is 0 Å². The van der Waals surface area contributed by atoms with Crippen LogP contribution < -0.4 is 4.74 Å². The highest BCUT2D eigenvalue weighted by atomic mass is 16.5. The zero-order valence-corrected chi connectivity index (χ0v) is 8.73. The molecule has 0 aliphatic carbocycles. The van der Waals surface area contributed by atoms with Crippen molar-refractivity contribution in [1.29, 1.82) is 0 Å². The van der Waals surface area contributed by atoms with Crippen LogP contribution >= 0.6 is 0 Å². The summed E-state index contributed by atoms with van der Waals surface area (Å²) >= 11 is 0. The topological polar surface area (TPSA) is 35.5 Å². The fraction of sp³-hybridized carbons (Fsp3) is 0.417. The fourth-order valence-electron chi connectivity index (χ4n) is 1.72. The molecular formula is C12H14O3. The van der Waals surface area contributed by atoms with Gasteiger partial charge < -0.3 is 9.47 Å². The number of hydrogen-bond acceptors (Lipinski definition) is 3. The van der Waals surface area contributed by atoms with Crippen molar-refractivity contribution >= 4 is 5.78 Å². The Balaban J connectivity index is 2.11. The molecule has 3 heteroatoms. The van der Waals surface area contributed by atoms with E-state index >= 15 is 0 Å². The second-order valence-electron chi connectivity index (χ2n) is 3.63. The lowest BCUT2D eigenvalue weighted by molar-refractivity contribution is -0.128. The molecule has 1 aromatic rings. The van der Waals surface area contributed by atoms with Gasteiger partial charge in [-0.25, -0.2) is 0 Å². The van der Waals surface area contributed by atoms with Crippen LogP contribution in [0.25, 0.3) is 0 Å². The van der Waals surface area contributed by atoms with Gasteiger partial charge in [-0.2, -0.15) is 0 Å². The molecule has 1 fully saturated rings. The van der Waals surface area contributed by atoms with E-state index in [0.717, 1.165) is 11.3 Å². The van der Waals surface area contributed by atoms with E-state index in [1.54, 1.807) is 7.11 Å². The number of methoxy groups -OCH3 is 1. The minimum absolute atomic E-state index is 0.0721. The van der Waals surface area contributed by atoms with Gasteiger partial charge in [0, 0.05) is 12.8 Å². The number of benzene rings is 1. The molecule has 0 bridgehead atoms.